The molecule has 144 valence electrons. The Labute approximate surface area is 162 Å². The van der Waals surface area contributed by atoms with Crippen LogP contribution in [0.2, 0.25) is 10.0 Å². The Bertz CT molecular complexity index is 620. The molecule has 26 heavy (non-hydrogen) atoms. The average molecular weight is 404 g/mol. The lowest BCUT2D eigenvalue weighted by molar-refractivity contribution is -0.134. The maximum atomic E-state index is 9.55. The molecule has 0 amide bonds. The number of piperidine rings is 1. The minimum absolute atomic E-state index is 0.507. The molecular formula is C18H23Cl2NO5. The fraction of sp³-hybridized carbons (Fsp3) is 0.444. The van der Waals surface area contributed by atoms with E-state index in [1.807, 2.05) is 19.1 Å². The molecule has 0 bridgehead atoms. The fourth-order valence-electron chi connectivity index (χ4n) is 2.69. The molecular weight excluding hydrogens is 381 g/mol. The molecule has 0 unspecified atom stereocenters. The molecule has 1 aromatic rings. The van der Waals surface area contributed by atoms with Gasteiger partial charge in [0.15, 0.2) is 0 Å². The summed E-state index contributed by atoms with van der Waals surface area (Å²) in [6.45, 7) is 5.65. The second kappa shape index (κ2) is 11.9. The van der Waals surface area contributed by atoms with Crippen molar-refractivity contribution < 1.29 is 24.5 Å². The maximum Gasteiger partial charge on any atom is 0.328 e. The van der Waals surface area contributed by atoms with Crippen molar-refractivity contribution in [3.8, 4) is 0 Å². The van der Waals surface area contributed by atoms with Crippen LogP contribution in [0.5, 0.6) is 0 Å². The molecule has 0 spiro atoms. The number of carbonyl (C=O) groups is 2. The zero-order valence-electron chi connectivity index (χ0n) is 14.5. The van der Waals surface area contributed by atoms with Gasteiger partial charge in [0.05, 0.1) is 16.7 Å². The van der Waals surface area contributed by atoms with E-state index >= 15 is 0 Å². The van der Waals surface area contributed by atoms with Crippen molar-refractivity contribution in [1.82, 2.24) is 5.32 Å². The first-order chi connectivity index (χ1) is 12.3. The van der Waals surface area contributed by atoms with Gasteiger partial charge in [0.1, 0.15) is 0 Å². The van der Waals surface area contributed by atoms with Gasteiger partial charge in [0.25, 0.3) is 0 Å². The third-order valence-electron chi connectivity index (χ3n) is 3.88. The number of carboxylic acid groups (broad SMARTS) is 2. The van der Waals surface area contributed by atoms with E-state index in [2.05, 4.69) is 11.4 Å². The summed E-state index contributed by atoms with van der Waals surface area (Å²) in [5.41, 5.74) is 1.27. The highest BCUT2D eigenvalue weighted by Gasteiger charge is 2.26. The van der Waals surface area contributed by atoms with Crippen LogP contribution in [0.4, 0.5) is 0 Å². The lowest BCUT2D eigenvalue weighted by Gasteiger charge is -2.32. The highest BCUT2D eigenvalue weighted by molar-refractivity contribution is 6.42. The molecule has 8 heteroatoms. The summed E-state index contributed by atoms with van der Waals surface area (Å²) in [5, 5.41) is 20.3. The van der Waals surface area contributed by atoms with Gasteiger partial charge in [-0.05, 0) is 43.5 Å². The van der Waals surface area contributed by atoms with Gasteiger partial charge in [0.2, 0.25) is 0 Å². The fourth-order valence-corrected chi connectivity index (χ4v) is 3.00. The van der Waals surface area contributed by atoms with Crippen LogP contribution in [0.25, 0.3) is 0 Å². The number of nitrogens with one attached hydrogen (secondary N) is 1. The quantitative estimate of drug-likeness (QED) is 0.629. The Morgan fingerprint density at radius 1 is 1.23 bits per heavy atom. The zero-order valence-corrected chi connectivity index (χ0v) is 16.0. The third-order valence-corrected chi connectivity index (χ3v) is 4.62. The van der Waals surface area contributed by atoms with E-state index in [0.29, 0.717) is 34.0 Å². The predicted molar refractivity (Wildman–Crippen MR) is 101 cm³/mol. The Morgan fingerprint density at radius 2 is 1.88 bits per heavy atom. The first kappa shape index (κ1) is 22.4. The van der Waals surface area contributed by atoms with E-state index in [1.54, 1.807) is 0 Å². The minimum atomic E-state index is -1.26. The van der Waals surface area contributed by atoms with Gasteiger partial charge in [-0.1, -0.05) is 29.3 Å². The number of hydrogen-bond donors (Lipinski definition) is 3. The molecule has 1 heterocycles. The summed E-state index contributed by atoms with van der Waals surface area (Å²) < 4.78 is 5.58. The Hall–Kier alpha value is -1.60. The summed E-state index contributed by atoms with van der Waals surface area (Å²) in [7, 11) is 0. The molecule has 1 aliphatic heterocycles. The van der Waals surface area contributed by atoms with Crippen molar-refractivity contribution >= 4 is 35.1 Å². The van der Waals surface area contributed by atoms with Crippen molar-refractivity contribution in [2.75, 3.05) is 26.3 Å². The van der Waals surface area contributed by atoms with Crippen molar-refractivity contribution in [1.29, 1.82) is 0 Å². The molecule has 2 rings (SSSR count). The van der Waals surface area contributed by atoms with E-state index in [4.69, 9.17) is 38.2 Å². The molecule has 1 fully saturated rings. The summed E-state index contributed by atoms with van der Waals surface area (Å²) in [6, 6.07) is 5.97. The van der Waals surface area contributed by atoms with E-state index in [9.17, 15) is 9.59 Å². The zero-order chi connectivity index (χ0) is 19.5. The average Bonchev–Trinajstić information content (AvgIpc) is 2.61. The summed E-state index contributed by atoms with van der Waals surface area (Å²) in [4.78, 5) is 19.1. The summed E-state index contributed by atoms with van der Waals surface area (Å²) in [6.07, 6.45) is 2.24. The van der Waals surface area contributed by atoms with Crippen molar-refractivity contribution in [2.45, 2.75) is 19.3 Å². The SMILES string of the molecule is CCOC[C@@H]1CNCC[C@@H]1c1ccc(Cl)c(Cl)c1.O=C(O)C=CC(=O)O. The van der Waals surface area contributed by atoms with Crippen LogP contribution in [0.3, 0.4) is 0 Å². The minimum Gasteiger partial charge on any atom is -0.478 e. The molecule has 0 radical (unpaired) electrons. The van der Waals surface area contributed by atoms with E-state index in [-0.39, 0.29) is 0 Å². The second-order valence-electron chi connectivity index (χ2n) is 5.70. The Morgan fingerprint density at radius 3 is 2.42 bits per heavy atom. The summed E-state index contributed by atoms with van der Waals surface area (Å²) >= 11 is 12.1. The van der Waals surface area contributed by atoms with Crippen LogP contribution in [-0.4, -0.2) is 48.5 Å². The van der Waals surface area contributed by atoms with Crippen molar-refractivity contribution in [3.63, 3.8) is 0 Å². The number of aliphatic carboxylic acids is 2. The van der Waals surface area contributed by atoms with Crippen LogP contribution >= 0.6 is 23.2 Å². The smallest absolute Gasteiger partial charge is 0.328 e. The topological polar surface area (TPSA) is 95.9 Å². The number of benzene rings is 1. The van der Waals surface area contributed by atoms with Crippen molar-refractivity contribution in [3.05, 3.63) is 46.0 Å². The lowest BCUT2D eigenvalue weighted by Crippen LogP contribution is -2.37. The third kappa shape index (κ3) is 8.19. The van der Waals surface area contributed by atoms with Gasteiger partial charge >= 0.3 is 11.9 Å². The largest absolute Gasteiger partial charge is 0.478 e. The molecule has 1 saturated heterocycles. The highest BCUT2D eigenvalue weighted by Crippen LogP contribution is 2.34. The van der Waals surface area contributed by atoms with E-state index in [1.165, 1.54) is 5.56 Å². The number of halogens is 2. The van der Waals surface area contributed by atoms with Gasteiger partial charge in [-0.25, -0.2) is 9.59 Å². The molecule has 1 aliphatic rings. The van der Waals surface area contributed by atoms with E-state index < -0.39 is 11.9 Å². The predicted octanol–water partition coefficient (Wildman–Crippen LogP) is 3.43. The van der Waals surface area contributed by atoms with Crippen LogP contribution in [-0.2, 0) is 14.3 Å². The molecule has 6 nitrogen and oxygen atoms in total. The second-order valence-corrected chi connectivity index (χ2v) is 6.52. The number of rotatable bonds is 6. The monoisotopic (exact) mass is 403 g/mol. The number of ether oxygens (including phenoxy) is 1. The summed E-state index contributed by atoms with van der Waals surface area (Å²) in [5.74, 6) is -1.50. The molecule has 0 aliphatic carbocycles. The van der Waals surface area contributed by atoms with Gasteiger partial charge in [-0.2, -0.15) is 0 Å². The highest BCUT2D eigenvalue weighted by atomic mass is 35.5. The van der Waals surface area contributed by atoms with Gasteiger partial charge in [0, 0.05) is 31.2 Å². The number of carboxylic acids is 2. The standard InChI is InChI=1S/C14H19Cl2NO.C4H4O4/c1-2-18-9-11-8-17-6-5-12(11)10-3-4-13(15)14(16)7-10;5-3(6)1-2-4(7)8/h3-4,7,11-12,17H,2,5-6,8-9H2,1H3;1-2H,(H,5,6)(H,7,8)/t11-,12+;/m0./s1. The van der Waals surface area contributed by atoms with Gasteiger partial charge in [-0.3, -0.25) is 0 Å². The maximum absolute atomic E-state index is 9.55. The van der Waals surface area contributed by atoms with Crippen LogP contribution in [0.15, 0.2) is 30.4 Å². The first-order valence-electron chi connectivity index (χ1n) is 8.22. The van der Waals surface area contributed by atoms with Gasteiger partial charge in [-0.15, -0.1) is 0 Å². The number of hydrogen-bond acceptors (Lipinski definition) is 4. The molecule has 1 aromatic carbocycles. The molecule has 3 N–H and O–H groups in total. The van der Waals surface area contributed by atoms with Crippen molar-refractivity contribution in [2.24, 2.45) is 5.92 Å². The molecule has 0 aromatic heterocycles. The molecule has 2 atom stereocenters. The Kier molecular flexibility index (Phi) is 10.3. The van der Waals surface area contributed by atoms with Crippen LogP contribution < -0.4 is 5.32 Å². The molecule has 0 saturated carbocycles. The van der Waals surface area contributed by atoms with Crippen LogP contribution in [0, 0.1) is 5.92 Å². The Balaban J connectivity index is 0.000000359. The van der Waals surface area contributed by atoms with E-state index in [0.717, 1.165) is 32.7 Å². The van der Waals surface area contributed by atoms with Gasteiger partial charge < -0.3 is 20.3 Å². The van der Waals surface area contributed by atoms with Crippen LogP contribution in [0.1, 0.15) is 24.8 Å². The lowest BCUT2D eigenvalue weighted by atomic mass is 9.81. The first-order valence-corrected chi connectivity index (χ1v) is 8.98. The normalized spacial score (nSPS) is 19.7.